The molecule has 10 heteroatoms. The number of rotatable bonds is 7. The molecule has 0 saturated heterocycles. The quantitative estimate of drug-likeness (QED) is 0.556. The van der Waals surface area contributed by atoms with Gasteiger partial charge in [0.05, 0.1) is 29.7 Å². The second-order valence-corrected chi connectivity index (χ2v) is 6.98. The highest BCUT2D eigenvalue weighted by Gasteiger charge is 2.23. The van der Waals surface area contributed by atoms with E-state index < -0.39 is 24.9 Å². The highest BCUT2D eigenvalue weighted by molar-refractivity contribution is 6.31. The van der Waals surface area contributed by atoms with Crippen LogP contribution in [0.4, 0.5) is 14.6 Å². The van der Waals surface area contributed by atoms with Gasteiger partial charge in [0.25, 0.3) is 6.43 Å². The summed E-state index contributed by atoms with van der Waals surface area (Å²) in [7, 11) is 0. The van der Waals surface area contributed by atoms with Crippen LogP contribution in [0.15, 0.2) is 30.9 Å². The van der Waals surface area contributed by atoms with E-state index in [1.165, 1.54) is 6.20 Å². The van der Waals surface area contributed by atoms with Crippen LogP contribution >= 0.6 is 11.6 Å². The molecule has 28 heavy (non-hydrogen) atoms. The van der Waals surface area contributed by atoms with Crippen molar-refractivity contribution in [3.8, 4) is 11.3 Å². The molecule has 148 valence electrons. The maximum Gasteiger partial charge on any atom is 0.255 e. The number of pyridine rings is 1. The highest BCUT2D eigenvalue weighted by atomic mass is 35.5. The van der Waals surface area contributed by atoms with Gasteiger partial charge in [-0.2, -0.15) is 0 Å². The number of amides is 1. The molecule has 0 aliphatic rings. The number of H-pyrrole nitrogens is 1. The van der Waals surface area contributed by atoms with Crippen LogP contribution in [0.5, 0.6) is 0 Å². The van der Waals surface area contributed by atoms with E-state index in [0.717, 1.165) is 10.9 Å². The zero-order valence-electron chi connectivity index (χ0n) is 15.2. The predicted octanol–water partition coefficient (Wildman–Crippen LogP) is 3.49. The van der Waals surface area contributed by atoms with Crippen molar-refractivity contribution in [3.63, 3.8) is 0 Å². The number of alkyl halides is 2. The number of carbonyl (C=O) groups excluding carboxylic acids is 1. The van der Waals surface area contributed by atoms with Crippen LogP contribution in [0.1, 0.15) is 13.8 Å². The monoisotopic (exact) mass is 408 g/mol. The third kappa shape index (κ3) is 4.53. The molecule has 0 bridgehead atoms. The van der Waals surface area contributed by atoms with Crippen molar-refractivity contribution in [3.05, 3.63) is 35.9 Å². The van der Waals surface area contributed by atoms with E-state index in [4.69, 9.17) is 11.6 Å². The van der Waals surface area contributed by atoms with Gasteiger partial charge in [0.1, 0.15) is 17.5 Å². The number of aromatic amines is 1. The lowest BCUT2D eigenvalue weighted by molar-refractivity contribution is -0.123. The Morgan fingerprint density at radius 1 is 1.29 bits per heavy atom. The van der Waals surface area contributed by atoms with Crippen molar-refractivity contribution in [2.75, 3.05) is 11.9 Å². The van der Waals surface area contributed by atoms with Gasteiger partial charge in [0.2, 0.25) is 5.91 Å². The summed E-state index contributed by atoms with van der Waals surface area (Å²) in [5, 5.41) is 6.49. The lowest BCUT2D eigenvalue weighted by Gasteiger charge is -2.22. The summed E-state index contributed by atoms with van der Waals surface area (Å²) in [6.45, 7) is 2.92. The van der Waals surface area contributed by atoms with Gasteiger partial charge in [-0.05, 0) is 12.0 Å². The number of fused-ring (bicyclic) bond motifs is 1. The van der Waals surface area contributed by atoms with Crippen LogP contribution in [0.25, 0.3) is 22.3 Å². The molecule has 3 aromatic rings. The number of carbonyl (C=O) groups is 1. The molecular formula is C18H19ClF2N6O. The molecule has 0 aliphatic carbocycles. The van der Waals surface area contributed by atoms with Crippen LogP contribution in [0.3, 0.4) is 0 Å². The van der Waals surface area contributed by atoms with Gasteiger partial charge in [-0.3, -0.25) is 9.78 Å². The first-order valence-electron chi connectivity index (χ1n) is 8.62. The molecule has 0 saturated carbocycles. The summed E-state index contributed by atoms with van der Waals surface area (Å²) in [6, 6.07) is 1.04. The number of anilines is 1. The van der Waals surface area contributed by atoms with E-state index in [9.17, 15) is 13.6 Å². The maximum atomic E-state index is 12.4. The predicted molar refractivity (Wildman–Crippen MR) is 103 cm³/mol. The number of nitrogens with zero attached hydrogens (tertiary/aromatic N) is 3. The van der Waals surface area contributed by atoms with E-state index in [2.05, 4.69) is 30.6 Å². The zero-order valence-corrected chi connectivity index (χ0v) is 16.0. The SMILES string of the molecule is CC(C)[C@@H](Nc1cncc(-c2c[nH]c3ncc(Cl)cc23)n1)C(=O)NCC(F)F. The van der Waals surface area contributed by atoms with Gasteiger partial charge in [0, 0.05) is 23.3 Å². The van der Waals surface area contributed by atoms with E-state index >= 15 is 0 Å². The zero-order chi connectivity index (χ0) is 20.3. The van der Waals surface area contributed by atoms with Gasteiger partial charge < -0.3 is 15.6 Å². The molecule has 0 aliphatic heterocycles. The van der Waals surface area contributed by atoms with Gasteiger partial charge in [-0.15, -0.1) is 0 Å². The summed E-state index contributed by atoms with van der Waals surface area (Å²) < 4.78 is 24.8. The second kappa shape index (κ2) is 8.47. The molecule has 3 aromatic heterocycles. The molecule has 0 spiro atoms. The van der Waals surface area contributed by atoms with Gasteiger partial charge >= 0.3 is 0 Å². The Morgan fingerprint density at radius 2 is 2.07 bits per heavy atom. The van der Waals surface area contributed by atoms with Gasteiger partial charge in [0.15, 0.2) is 0 Å². The summed E-state index contributed by atoms with van der Waals surface area (Å²) in [6.07, 6.45) is 3.73. The van der Waals surface area contributed by atoms with Crippen molar-refractivity contribution in [1.29, 1.82) is 0 Å². The fourth-order valence-corrected chi connectivity index (χ4v) is 2.89. The smallest absolute Gasteiger partial charge is 0.255 e. The summed E-state index contributed by atoms with van der Waals surface area (Å²) in [5.74, 6) is -0.322. The molecule has 0 unspecified atom stereocenters. The summed E-state index contributed by atoms with van der Waals surface area (Å²) >= 11 is 6.03. The molecule has 0 radical (unpaired) electrons. The van der Waals surface area contributed by atoms with E-state index in [1.54, 1.807) is 24.7 Å². The topological polar surface area (TPSA) is 95.6 Å². The average Bonchev–Trinajstić information content (AvgIpc) is 3.07. The van der Waals surface area contributed by atoms with Crippen LogP contribution < -0.4 is 10.6 Å². The molecule has 0 aromatic carbocycles. The van der Waals surface area contributed by atoms with Crippen molar-refractivity contribution >= 4 is 34.4 Å². The molecule has 3 N–H and O–H groups in total. The van der Waals surface area contributed by atoms with Crippen LogP contribution in [0, 0.1) is 5.92 Å². The molecule has 7 nitrogen and oxygen atoms in total. The Labute approximate surface area is 164 Å². The Morgan fingerprint density at radius 3 is 2.79 bits per heavy atom. The minimum atomic E-state index is -2.61. The summed E-state index contributed by atoms with van der Waals surface area (Å²) in [4.78, 5) is 28.2. The third-order valence-electron chi connectivity index (χ3n) is 4.09. The maximum absolute atomic E-state index is 12.4. The first-order chi connectivity index (χ1) is 13.3. The van der Waals surface area contributed by atoms with E-state index in [1.807, 2.05) is 13.8 Å². The van der Waals surface area contributed by atoms with Gasteiger partial charge in [-0.1, -0.05) is 25.4 Å². The largest absolute Gasteiger partial charge is 0.357 e. The number of nitrogens with one attached hydrogen (secondary N) is 3. The van der Waals surface area contributed by atoms with Crippen molar-refractivity contribution < 1.29 is 13.6 Å². The van der Waals surface area contributed by atoms with Crippen LogP contribution in [-0.4, -0.2) is 44.9 Å². The van der Waals surface area contributed by atoms with Crippen molar-refractivity contribution in [2.45, 2.75) is 26.3 Å². The lowest BCUT2D eigenvalue weighted by Crippen LogP contribution is -2.44. The fraction of sp³-hybridized carbons (Fsp3) is 0.333. The van der Waals surface area contributed by atoms with Crippen molar-refractivity contribution in [1.82, 2.24) is 25.3 Å². The molecule has 3 rings (SSSR count). The molecular weight excluding hydrogens is 390 g/mol. The number of hydrogen-bond donors (Lipinski definition) is 3. The molecule has 1 atom stereocenters. The number of halogens is 3. The Hall–Kier alpha value is -2.81. The minimum absolute atomic E-state index is 0.153. The number of aromatic nitrogens is 4. The normalized spacial score (nSPS) is 12.5. The van der Waals surface area contributed by atoms with E-state index in [0.29, 0.717) is 22.2 Å². The Balaban J connectivity index is 1.85. The van der Waals surface area contributed by atoms with Gasteiger partial charge in [-0.25, -0.2) is 18.7 Å². The standard InChI is InChI=1S/C18H19ClF2N6O/c1-9(2)16(18(28)25-7-14(20)21)27-15-8-22-6-13(26-15)12-5-24-17-11(12)3-10(19)4-23-17/h3-6,8-9,14,16H,7H2,1-2H3,(H,23,24)(H,25,28)(H,26,27)/t16-/m1/s1. The second-order valence-electron chi connectivity index (χ2n) is 6.54. The fourth-order valence-electron chi connectivity index (χ4n) is 2.74. The van der Waals surface area contributed by atoms with Crippen LogP contribution in [0.2, 0.25) is 5.02 Å². The Kier molecular flexibility index (Phi) is 6.03. The minimum Gasteiger partial charge on any atom is -0.357 e. The molecule has 1 amide bonds. The molecule has 0 fully saturated rings. The molecule has 3 heterocycles. The highest BCUT2D eigenvalue weighted by Crippen LogP contribution is 2.28. The Bertz CT molecular complexity index is 978. The van der Waals surface area contributed by atoms with Crippen LogP contribution in [-0.2, 0) is 4.79 Å². The van der Waals surface area contributed by atoms with Crippen molar-refractivity contribution in [2.24, 2.45) is 5.92 Å². The first kappa shape index (κ1) is 19.9. The average molecular weight is 409 g/mol. The number of hydrogen-bond acceptors (Lipinski definition) is 5. The third-order valence-corrected chi connectivity index (χ3v) is 4.30. The first-order valence-corrected chi connectivity index (χ1v) is 9.00. The van der Waals surface area contributed by atoms with E-state index in [-0.39, 0.29) is 5.92 Å². The summed E-state index contributed by atoms with van der Waals surface area (Å²) in [5.41, 5.74) is 1.96. The lowest BCUT2D eigenvalue weighted by atomic mass is 10.0.